The summed E-state index contributed by atoms with van der Waals surface area (Å²) in [7, 11) is 1.63. The van der Waals surface area contributed by atoms with Gasteiger partial charge in [-0.25, -0.2) is 8.78 Å². The third-order valence-electron chi connectivity index (χ3n) is 3.08. The largest absolute Gasteiger partial charge is 0.379 e. The topological polar surface area (TPSA) is 47.3 Å². The minimum Gasteiger partial charge on any atom is -0.379 e. The van der Waals surface area contributed by atoms with E-state index in [4.69, 9.17) is 10.6 Å². The highest BCUT2D eigenvalue weighted by Gasteiger charge is 2.20. The van der Waals surface area contributed by atoms with Crippen LogP contribution in [0, 0.1) is 11.6 Å². The van der Waals surface area contributed by atoms with Crippen molar-refractivity contribution in [3.05, 3.63) is 35.4 Å². The van der Waals surface area contributed by atoms with Crippen LogP contribution in [-0.2, 0) is 4.74 Å². The molecule has 0 aliphatic rings. The van der Waals surface area contributed by atoms with Crippen LogP contribution in [0.1, 0.15) is 38.3 Å². The van der Waals surface area contributed by atoms with E-state index in [0.717, 1.165) is 12.5 Å². The molecule has 5 heteroatoms. The van der Waals surface area contributed by atoms with Gasteiger partial charge in [-0.3, -0.25) is 11.3 Å². The van der Waals surface area contributed by atoms with E-state index in [0.29, 0.717) is 12.0 Å². The molecule has 18 heavy (non-hydrogen) atoms. The zero-order chi connectivity index (χ0) is 13.8. The Morgan fingerprint density at radius 3 is 2.28 bits per heavy atom. The van der Waals surface area contributed by atoms with Crippen molar-refractivity contribution in [2.45, 2.75) is 38.3 Å². The molecule has 0 aliphatic carbocycles. The fourth-order valence-electron chi connectivity index (χ4n) is 1.72. The van der Waals surface area contributed by atoms with Crippen LogP contribution in [0.5, 0.6) is 0 Å². The van der Waals surface area contributed by atoms with Crippen molar-refractivity contribution in [1.29, 1.82) is 0 Å². The molecule has 0 aromatic heterocycles. The number of benzene rings is 1. The van der Waals surface area contributed by atoms with Crippen LogP contribution < -0.4 is 11.3 Å². The highest BCUT2D eigenvalue weighted by atomic mass is 19.1. The van der Waals surface area contributed by atoms with Gasteiger partial charge in [-0.2, -0.15) is 0 Å². The second-order valence-corrected chi connectivity index (χ2v) is 4.92. The molecule has 3 nitrogen and oxygen atoms in total. The molecular formula is C13H20F2N2O. The number of rotatable bonds is 6. The zero-order valence-corrected chi connectivity index (χ0v) is 11.0. The van der Waals surface area contributed by atoms with Crippen LogP contribution in [0.25, 0.3) is 0 Å². The third kappa shape index (κ3) is 4.33. The van der Waals surface area contributed by atoms with E-state index in [-0.39, 0.29) is 11.6 Å². The summed E-state index contributed by atoms with van der Waals surface area (Å²) in [6.07, 6.45) is 1.34. The normalized spacial score (nSPS) is 13.7. The molecule has 0 fully saturated rings. The number of nitrogens with one attached hydrogen (secondary N) is 1. The van der Waals surface area contributed by atoms with Gasteiger partial charge in [-0.05, 0) is 44.4 Å². The molecule has 102 valence electrons. The van der Waals surface area contributed by atoms with E-state index in [1.165, 1.54) is 12.1 Å². The van der Waals surface area contributed by atoms with Crippen LogP contribution in [-0.4, -0.2) is 12.7 Å². The number of hydrogen-bond acceptors (Lipinski definition) is 3. The highest BCUT2D eigenvalue weighted by molar-refractivity contribution is 5.21. The SMILES string of the molecule is COC(C)(C)CCC(NN)c1cc(F)cc(F)c1. The molecule has 0 radical (unpaired) electrons. The predicted molar refractivity (Wildman–Crippen MR) is 66.7 cm³/mol. The summed E-state index contributed by atoms with van der Waals surface area (Å²) in [4.78, 5) is 0. The van der Waals surface area contributed by atoms with E-state index in [9.17, 15) is 8.78 Å². The van der Waals surface area contributed by atoms with Crippen LogP contribution in [0.15, 0.2) is 18.2 Å². The van der Waals surface area contributed by atoms with Gasteiger partial charge in [-0.15, -0.1) is 0 Å². The van der Waals surface area contributed by atoms with Crippen LogP contribution in [0.3, 0.4) is 0 Å². The van der Waals surface area contributed by atoms with Crippen molar-refractivity contribution in [3.63, 3.8) is 0 Å². The molecule has 1 aromatic rings. The number of ether oxygens (including phenoxy) is 1. The molecule has 0 heterocycles. The molecule has 0 amide bonds. The molecule has 3 N–H and O–H groups in total. The van der Waals surface area contributed by atoms with Crippen molar-refractivity contribution in [1.82, 2.24) is 5.43 Å². The highest BCUT2D eigenvalue weighted by Crippen LogP contribution is 2.25. The number of methoxy groups -OCH3 is 1. The standard InChI is InChI=1S/C13H20F2N2O/c1-13(2,18-3)5-4-12(17-16)9-6-10(14)8-11(15)7-9/h6-8,12,17H,4-5,16H2,1-3H3. The lowest BCUT2D eigenvalue weighted by molar-refractivity contribution is 0.0116. The molecule has 0 saturated heterocycles. The van der Waals surface area contributed by atoms with Crippen molar-refractivity contribution in [2.24, 2.45) is 5.84 Å². The predicted octanol–water partition coefficient (Wildman–Crippen LogP) is 2.67. The average Bonchev–Trinajstić information content (AvgIpc) is 2.28. The van der Waals surface area contributed by atoms with Crippen molar-refractivity contribution in [3.8, 4) is 0 Å². The Hall–Kier alpha value is -1.04. The maximum atomic E-state index is 13.1. The van der Waals surface area contributed by atoms with Gasteiger partial charge >= 0.3 is 0 Å². The van der Waals surface area contributed by atoms with Gasteiger partial charge < -0.3 is 4.74 Å². The van der Waals surface area contributed by atoms with Gasteiger partial charge in [0.25, 0.3) is 0 Å². The number of hydrazine groups is 1. The Balaban J connectivity index is 2.77. The summed E-state index contributed by atoms with van der Waals surface area (Å²) >= 11 is 0. The van der Waals surface area contributed by atoms with Gasteiger partial charge in [0.15, 0.2) is 0 Å². The molecule has 0 saturated carbocycles. The first-order valence-corrected chi connectivity index (χ1v) is 5.85. The lowest BCUT2D eigenvalue weighted by atomic mass is 9.95. The Morgan fingerprint density at radius 2 is 1.83 bits per heavy atom. The van der Waals surface area contributed by atoms with Crippen LogP contribution >= 0.6 is 0 Å². The van der Waals surface area contributed by atoms with E-state index < -0.39 is 11.6 Å². The summed E-state index contributed by atoms with van der Waals surface area (Å²) in [5, 5.41) is 0. The summed E-state index contributed by atoms with van der Waals surface area (Å²) in [6, 6.07) is 3.11. The quantitative estimate of drug-likeness (QED) is 0.609. The number of halogens is 2. The molecule has 0 aliphatic heterocycles. The van der Waals surface area contributed by atoms with Gasteiger partial charge in [0, 0.05) is 19.2 Å². The summed E-state index contributed by atoms with van der Waals surface area (Å²) in [5.41, 5.74) is 2.79. The number of nitrogens with two attached hydrogens (primary N) is 1. The maximum Gasteiger partial charge on any atom is 0.126 e. The summed E-state index contributed by atoms with van der Waals surface area (Å²) in [5.74, 6) is 4.24. The third-order valence-corrected chi connectivity index (χ3v) is 3.08. The van der Waals surface area contributed by atoms with Gasteiger partial charge in [-0.1, -0.05) is 0 Å². The molecule has 0 bridgehead atoms. The van der Waals surface area contributed by atoms with E-state index in [1.807, 2.05) is 13.8 Å². The average molecular weight is 258 g/mol. The summed E-state index contributed by atoms with van der Waals surface area (Å²) in [6.45, 7) is 3.90. The smallest absolute Gasteiger partial charge is 0.126 e. The van der Waals surface area contributed by atoms with Crippen LogP contribution in [0.2, 0.25) is 0 Å². The first-order chi connectivity index (χ1) is 8.38. The Bertz CT molecular complexity index is 376. The Morgan fingerprint density at radius 1 is 1.28 bits per heavy atom. The first-order valence-electron chi connectivity index (χ1n) is 5.85. The minimum absolute atomic E-state index is 0.291. The van der Waals surface area contributed by atoms with Gasteiger partial charge in [0.05, 0.1) is 5.60 Å². The van der Waals surface area contributed by atoms with Crippen molar-refractivity contribution in [2.75, 3.05) is 7.11 Å². The number of hydrogen-bond donors (Lipinski definition) is 2. The molecule has 1 rings (SSSR count). The first kappa shape index (κ1) is 15.0. The molecule has 1 atom stereocenters. The zero-order valence-electron chi connectivity index (χ0n) is 11.0. The second kappa shape index (κ2) is 6.22. The monoisotopic (exact) mass is 258 g/mol. The van der Waals surface area contributed by atoms with Crippen LogP contribution in [0.4, 0.5) is 8.78 Å². The Kier molecular flexibility index (Phi) is 5.19. The molecule has 1 aromatic carbocycles. The molecule has 0 spiro atoms. The molecular weight excluding hydrogens is 238 g/mol. The van der Waals surface area contributed by atoms with E-state index in [2.05, 4.69) is 5.43 Å². The lowest BCUT2D eigenvalue weighted by Crippen LogP contribution is -2.31. The lowest BCUT2D eigenvalue weighted by Gasteiger charge is -2.25. The fourth-order valence-corrected chi connectivity index (χ4v) is 1.72. The van der Waals surface area contributed by atoms with E-state index in [1.54, 1.807) is 7.11 Å². The minimum atomic E-state index is -0.601. The van der Waals surface area contributed by atoms with Crippen molar-refractivity contribution < 1.29 is 13.5 Å². The Labute approximate surface area is 106 Å². The second-order valence-electron chi connectivity index (χ2n) is 4.92. The molecule has 1 unspecified atom stereocenters. The van der Waals surface area contributed by atoms with Gasteiger partial charge in [0.1, 0.15) is 11.6 Å². The fraction of sp³-hybridized carbons (Fsp3) is 0.538. The summed E-state index contributed by atoms with van der Waals surface area (Å²) < 4.78 is 31.6. The maximum absolute atomic E-state index is 13.1. The van der Waals surface area contributed by atoms with Gasteiger partial charge in [0.2, 0.25) is 0 Å². The van der Waals surface area contributed by atoms with Crippen molar-refractivity contribution >= 4 is 0 Å². The van der Waals surface area contributed by atoms with E-state index >= 15 is 0 Å².